The van der Waals surface area contributed by atoms with Gasteiger partial charge in [-0.2, -0.15) is 5.10 Å². The fourth-order valence-electron chi connectivity index (χ4n) is 5.74. The SMILES string of the molecule is Cn1c(C2=C(C(=O)OC(c3ccccc3)c3ccccc3)N3C(=O)[C@@](C=S)(NC(=O)C(=NOC4CC4)c4csc(NC=O)n4)[C@@H]3SC2)n[nH]c(=O)c1=O. The Kier molecular flexibility index (Phi) is 9.86. The summed E-state index contributed by atoms with van der Waals surface area (Å²) in [5.74, 6) is -2.66. The average molecular weight is 773 g/mol. The number of β-lactam (4-membered cyclic amide) rings is 1. The van der Waals surface area contributed by atoms with Gasteiger partial charge in [0.2, 0.25) is 6.41 Å². The Morgan fingerprint density at radius 3 is 2.40 bits per heavy atom. The molecule has 4 aromatic rings. The van der Waals surface area contributed by atoms with E-state index in [0.29, 0.717) is 17.5 Å². The van der Waals surface area contributed by atoms with Crippen LogP contribution in [-0.2, 0) is 35.8 Å². The number of amides is 3. The molecular weight excluding hydrogens is 745 g/mol. The molecule has 3 N–H and O–H groups in total. The zero-order valence-electron chi connectivity index (χ0n) is 27.6. The summed E-state index contributed by atoms with van der Waals surface area (Å²) >= 11 is 7.56. The highest BCUT2D eigenvalue weighted by atomic mass is 32.2. The average Bonchev–Trinajstić information content (AvgIpc) is 3.90. The Labute approximate surface area is 313 Å². The van der Waals surface area contributed by atoms with Crippen LogP contribution in [0.15, 0.2) is 86.5 Å². The van der Waals surface area contributed by atoms with Crippen LogP contribution in [-0.4, -0.2) is 82.7 Å². The standard InChI is InChI=1S/C34H28N8O8S3/c1-41-26(38-39-28(45)29(41)46)21-14-52-32-34(16-51,37-27(44)23(40-50-20-12-13-20)22-15-53-33(36-22)35-17-43)31(48)42(32)24(21)30(47)49-25(18-8-4-2-5-9-18)19-10-6-3-7-11-19/h2-11,15-17,20,25,32H,12-14H2,1H3,(H,37,44)(H,39,45)(H,35,36,43)/t32-,34+/m0/s1. The Hall–Kier alpha value is -5.79. The van der Waals surface area contributed by atoms with Crippen LogP contribution in [0.1, 0.15) is 41.6 Å². The minimum absolute atomic E-state index is 0.0219. The van der Waals surface area contributed by atoms with Crippen LogP contribution in [0.3, 0.4) is 0 Å². The summed E-state index contributed by atoms with van der Waals surface area (Å²) in [6, 6.07) is 18.0. The molecule has 53 heavy (non-hydrogen) atoms. The van der Waals surface area contributed by atoms with Gasteiger partial charge in [0.25, 0.3) is 11.8 Å². The molecule has 1 saturated carbocycles. The van der Waals surface area contributed by atoms with Crippen LogP contribution in [0.5, 0.6) is 0 Å². The number of aromatic nitrogens is 4. The van der Waals surface area contributed by atoms with E-state index >= 15 is 0 Å². The van der Waals surface area contributed by atoms with Crippen molar-refractivity contribution in [1.82, 2.24) is 30.0 Å². The molecule has 2 atom stereocenters. The minimum Gasteiger partial charge on any atom is -0.448 e. The second-order valence-electron chi connectivity index (χ2n) is 12.0. The predicted octanol–water partition coefficient (Wildman–Crippen LogP) is 1.89. The summed E-state index contributed by atoms with van der Waals surface area (Å²) in [6.07, 6.45) is 0.858. The molecule has 19 heteroatoms. The molecule has 270 valence electrons. The highest BCUT2D eigenvalue weighted by Crippen LogP contribution is 2.48. The number of thioether (sulfide) groups is 1. The molecule has 2 fully saturated rings. The maximum atomic E-state index is 14.5. The molecule has 3 aliphatic rings. The summed E-state index contributed by atoms with van der Waals surface area (Å²) in [4.78, 5) is 89.5. The molecule has 3 amide bonds. The number of fused-ring (bicyclic) bond motifs is 1. The summed E-state index contributed by atoms with van der Waals surface area (Å²) in [5.41, 5.74) is -2.73. The normalized spacial score (nSPS) is 19.6. The highest BCUT2D eigenvalue weighted by Gasteiger charge is 2.65. The largest absolute Gasteiger partial charge is 0.448 e. The third-order valence-electron chi connectivity index (χ3n) is 8.55. The number of carbonyl (C=O) groups excluding carboxylic acids is 4. The predicted molar refractivity (Wildman–Crippen MR) is 198 cm³/mol. The maximum Gasteiger partial charge on any atom is 0.356 e. The van der Waals surface area contributed by atoms with E-state index in [1.54, 1.807) is 48.5 Å². The number of benzene rings is 2. The number of nitrogens with one attached hydrogen (secondary N) is 3. The van der Waals surface area contributed by atoms with Crippen LogP contribution in [0.25, 0.3) is 5.57 Å². The molecule has 0 spiro atoms. The van der Waals surface area contributed by atoms with Crippen molar-refractivity contribution < 1.29 is 28.8 Å². The molecule has 7 rings (SSSR count). The van der Waals surface area contributed by atoms with Crippen molar-refractivity contribution in [2.75, 3.05) is 11.1 Å². The number of H-pyrrole nitrogens is 1. The number of rotatable bonds is 13. The number of thiazole rings is 1. The Balaban J connectivity index is 1.27. The molecule has 2 aromatic carbocycles. The third-order valence-corrected chi connectivity index (χ3v) is 11.0. The van der Waals surface area contributed by atoms with Gasteiger partial charge in [0.05, 0.1) is 0 Å². The molecule has 2 aliphatic heterocycles. The van der Waals surface area contributed by atoms with Gasteiger partial charge in [-0.3, -0.25) is 33.4 Å². The summed E-state index contributed by atoms with van der Waals surface area (Å²) in [6.45, 7) is 0. The van der Waals surface area contributed by atoms with Gasteiger partial charge in [-0.1, -0.05) is 78.0 Å². The van der Waals surface area contributed by atoms with Gasteiger partial charge in [-0.25, -0.2) is 14.9 Å². The first-order valence-electron chi connectivity index (χ1n) is 16.0. The number of oxime groups is 1. The zero-order chi connectivity index (χ0) is 37.3. The Morgan fingerprint density at radius 1 is 1.09 bits per heavy atom. The molecule has 0 bridgehead atoms. The number of ether oxygens (including phenoxy) is 1. The summed E-state index contributed by atoms with van der Waals surface area (Å²) in [7, 11) is 1.32. The Morgan fingerprint density at radius 2 is 1.77 bits per heavy atom. The van der Waals surface area contributed by atoms with Gasteiger partial charge in [-0.15, -0.1) is 23.1 Å². The number of thiocarbonyl (C=S) groups is 1. The second kappa shape index (κ2) is 14.7. The molecule has 16 nitrogen and oxygen atoms in total. The smallest absolute Gasteiger partial charge is 0.356 e. The molecule has 2 aromatic heterocycles. The molecule has 0 unspecified atom stereocenters. The van der Waals surface area contributed by atoms with E-state index in [-0.39, 0.29) is 45.5 Å². The van der Waals surface area contributed by atoms with E-state index in [2.05, 4.69) is 31.0 Å². The van der Waals surface area contributed by atoms with Crippen molar-refractivity contribution in [1.29, 1.82) is 0 Å². The van der Waals surface area contributed by atoms with Gasteiger partial charge < -0.3 is 20.2 Å². The first kappa shape index (κ1) is 35.6. The Bertz CT molecular complexity index is 2270. The van der Waals surface area contributed by atoms with Crippen molar-refractivity contribution in [2.45, 2.75) is 36.0 Å². The number of hydrogen-bond donors (Lipinski definition) is 3. The minimum atomic E-state index is -1.82. The summed E-state index contributed by atoms with van der Waals surface area (Å²) in [5, 5.41) is 17.2. The van der Waals surface area contributed by atoms with E-state index in [0.717, 1.165) is 50.8 Å². The second-order valence-corrected chi connectivity index (χ2v) is 14.2. The van der Waals surface area contributed by atoms with E-state index in [9.17, 15) is 28.8 Å². The maximum absolute atomic E-state index is 14.5. The topological polar surface area (TPSA) is 207 Å². The van der Waals surface area contributed by atoms with E-state index in [4.69, 9.17) is 21.8 Å². The van der Waals surface area contributed by atoms with Crippen LogP contribution in [0.2, 0.25) is 0 Å². The van der Waals surface area contributed by atoms with Gasteiger partial charge in [0.1, 0.15) is 22.9 Å². The van der Waals surface area contributed by atoms with Crippen molar-refractivity contribution in [3.63, 3.8) is 0 Å². The lowest BCUT2D eigenvalue weighted by atomic mass is 9.87. The lowest BCUT2D eigenvalue weighted by Crippen LogP contribution is -2.81. The first-order chi connectivity index (χ1) is 25.7. The monoisotopic (exact) mass is 772 g/mol. The van der Waals surface area contributed by atoms with E-state index < -0.39 is 45.9 Å². The van der Waals surface area contributed by atoms with Crippen LogP contribution < -0.4 is 21.8 Å². The van der Waals surface area contributed by atoms with Crippen molar-refractivity contribution in [3.8, 4) is 0 Å². The first-order valence-corrected chi connectivity index (χ1v) is 18.4. The number of hydrogen-bond acceptors (Lipinski definition) is 14. The number of nitrogens with zero attached hydrogens (tertiary/aromatic N) is 5. The van der Waals surface area contributed by atoms with Gasteiger partial charge in [-0.05, 0) is 24.0 Å². The number of carbonyl (C=O) groups is 4. The third kappa shape index (κ3) is 6.69. The summed E-state index contributed by atoms with van der Waals surface area (Å²) < 4.78 is 7.17. The zero-order valence-corrected chi connectivity index (χ0v) is 30.0. The highest BCUT2D eigenvalue weighted by molar-refractivity contribution is 8.00. The van der Waals surface area contributed by atoms with Crippen LogP contribution in [0, 0.1) is 0 Å². The van der Waals surface area contributed by atoms with Gasteiger partial charge in [0.15, 0.2) is 28.3 Å². The van der Waals surface area contributed by atoms with Crippen molar-refractivity contribution >= 4 is 81.3 Å². The number of anilines is 1. The van der Waals surface area contributed by atoms with Crippen LogP contribution >= 0.6 is 35.3 Å². The number of aromatic amines is 1. The fraction of sp³-hybridized carbons (Fsp3) is 0.235. The fourth-order valence-corrected chi connectivity index (χ4v) is 8.20. The molecule has 1 aliphatic carbocycles. The van der Waals surface area contributed by atoms with Crippen molar-refractivity contribution in [3.05, 3.63) is 115 Å². The lowest BCUT2D eigenvalue weighted by Gasteiger charge is -2.55. The molecule has 0 radical (unpaired) electrons. The molecular formula is C34H28N8O8S3. The van der Waals surface area contributed by atoms with Crippen molar-refractivity contribution in [2.24, 2.45) is 12.2 Å². The quantitative estimate of drug-likeness (QED) is 0.0339. The molecule has 4 heterocycles. The van der Waals surface area contributed by atoms with Crippen LogP contribution in [0.4, 0.5) is 5.13 Å². The number of esters is 1. The molecule has 1 saturated heterocycles. The lowest BCUT2D eigenvalue weighted by molar-refractivity contribution is -0.156. The van der Waals surface area contributed by atoms with E-state index in [1.165, 1.54) is 12.4 Å². The van der Waals surface area contributed by atoms with Gasteiger partial charge in [0, 0.05) is 29.1 Å². The van der Waals surface area contributed by atoms with Gasteiger partial charge >= 0.3 is 17.1 Å². The van der Waals surface area contributed by atoms with E-state index in [1.807, 2.05) is 12.1 Å².